The van der Waals surface area contributed by atoms with Crippen molar-refractivity contribution in [1.82, 2.24) is 4.98 Å². The summed E-state index contributed by atoms with van der Waals surface area (Å²) in [5.41, 5.74) is 24.3. The summed E-state index contributed by atoms with van der Waals surface area (Å²) in [5, 5.41) is 0. The summed E-state index contributed by atoms with van der Waals surface area (Å²) in [4.78, 5) is 13.9. The van der Waals surface area contributed by atoms with Crippen molar-refractivity contribution in [1.29, 1.82) is 0 Å². The Morgan fingerprint density at radius 3 is 1.14 bits per heavy atom. The van der Waals surface area contributed by atoms with Crippen molar-refractivity contribution < 1.29 is 0 Å². The minimum Gasteiger partial charge on any atom is -0.311 e. The van der Waals surface area contributed by atoms with Crippen LogP contribution < -0.4 is 31.1 Å². The molecule has 2 aliphatic heterocycles. The molecule has 5 heteroatoms. The first kappa shape index (κ1) is 47.6. The molecule has 0 spiro atoms. The molecule has 0 N–H and O–H groups in total. The van der Waals surface area contributed by atoms with Crippen LogP contribution in [0.5, 0.6) is 0 Å². The molecule has 4 aliphatic carbocycles. The van der Waals surface area contributed by atoms with Crippen LogP contribution in [0.1, 0.15) is 181 Å². The average molecular weight is 973 g/mol. The van der Waals surface area contributed by atoms with Gasteiger partial charge >= 0.3 is 0 Å². The zero-order valence-corrected chi connectivity index (χ0v) is 47.3. The Kier molecular flexibility index (Phi) is 9.57. The molecule has 0 saturated carbocycles. The highest BCUT2D eigenvalue weighted by Gasteiger charge is 2.52. The molecule has 0 saturated heterocycles. The standard InChI is InChI=1S/C69H77BN4/c1-62(2)38-64(5,6)48-31-44(27-29-46(48)62)73-56-35-52-50(66(9,10)40-68(52,13)14)33-54(56)70-55-34-51-53(69(15,16)41-67(51,11)12)36-57(55)74(45-28-30-47-49(32-45)65(7,8)39-63(47,3)4)61-60(70)58(73)37-59(71-61)72(42-23-19-17-20-24-42)43-25-21-18-22-26-43/h17-37H,38-41H2,1-16H3. The Hall–Kier alpha value is -6.07. The van der Waals surface area contributed by atoms with Gasteiger partial charge in [0.2, 0.25) is 0 Å². The second-order valence-electron chi connectivity index (χ2n) is 29.0. The van der Waals surface area contributed by atoms with E-state index in [-0.39, 0.29) is 50.0 Å². The Bertz CT molecular complexity index is 3310. The molecule has 6 aliphatic rings. The molecule has 0 radical (unpaired) electrons. The quantitative estimate of drug-likeness (QED) is 0.160. The van der Waals surface area contributed by atoms with Crippen molar-refractivity contribution >= 4 is 74.5 Å². The van der Waals surface area contributed by atoms with Gasteiger partial charge in [0.1, 0.15) is 11.6 Å². The van der Waals surface area contributed by atoms with E-state index in [1.807, 2.05) is 0 Å². The minimum atomic E-state index is -0.0646. The number of rotatable bonds is 5. The Morgan fingerprint density at radius 2 is 0.716 bits per heavy atom. The van der Waals surface area contributed by atoms with Crippen molar-refractivity contribution in [2.75, 3.05) is 14.7 Å². The zero-order valence-electron chi connectivity index (χ0n) is 47.3. The summed E-state index contributed by atoms with van der Waals surface area (Å²) in [6.45, 7) is 39.3. The largest absolute Gasteiger partial charge is 0.311 e. The average Bonchev–Trinajstić information content (AvgIpc) is 3.85. The van der Waals surface area contributed by atoms with Gasteiger partial charge in [-0.05, 0) is 191 Å². The van der Waals surface area contributed by atoms with Gasteiger partial charge in [-0.25, -0.2) is 4.98 Å². The van der Waals surface area contributed by atoms with Gasteiger partial charge in [-0.2, -0.15) is 0 Å². The van der Waals surface area contributed by atoms with E-state index in [1.54, 1.807) is 0 Å². The highest BCUT2D eigenvalue weighted by molar-refractivity contribution is 7.00. The molecule has 7 aromatic rings. The van der Waals surface area contributed by atoms with E-state index in [4.69, 9.17) is 4.98 Å². The van der Waals surface area contributed by atoms with E-state index < -0.39 is 0 Å². The molecule has 4 nitrogen and oxygen atoms in total. The summed E-state index contributed by atoms with van der Waals surface area (Å²) >= 11 is 0. The Labute approximate surface area is 443 Å². The third-order valence-corrected chi connectivity index (χ3v) is 19.3. The number of anilines is 9. The van der Waals surface area contributed by atoms with Gasteiger partial charge in [-0.1, -0.05) is 171 Å². The monoisotopic (exact) mass is 973 g/mol. The van der Waals surface area contributed by atoms with Gasteiger partial charge in [-0.15, -0.1) is 0 Å². The van der Waals surface area contributed by atoms with Crippen LogP contribution in [0.4, 0.5) is 51.4 Å². The van der Waals surface area contributed by atoms with Gasteiger partial charge in [-0.3, -0.25) is 9.80 Å². The van der Waals surface area contributed by atoms with E-state index in [9.17, 15) is 0 Å². The summed E-state index contributed by atoms with van der Waals surface area (Å²) in [6.07, 6.45) is 4.43. The number of para-hydroxylation sites is 2. The molecule has 74 heavy (non-hydrogen) atoms. The number of nitrogens with zero attached hydrogens (tertiary/aromatic N) is 4. The SMILES string of the molecule is CC1(C)CC(C)(C)c2cc(N3c4cc5c(cc4B4c6cc7c(cc6N(c6ccc8c(c6)C(C)(C)CC8(C)C)c6nc(N(c8ccccc8)c8ccccc8)cc3c64)C(C)(C)CC7(C)C)C(C)(C)CC5(C)C)ccc21. The van der Waals surface area contributed by atoms with Crippen LogP contribution in [-0.4, -0.2) is 11.7 Å². The molecule has 0 fully saturated rings. The molecule has 1 aromatic heterocycles. The number of hydrogen-bond acceptors (Lipinski definition) is 4. The molecule has 13 rings (SSSR count). The van der Waals surface area contributed by atoms with E-state index in [2.05, 4.69) is 253 Å². The number of hydrogen-bond donors (Lipinski definition) is 0. The molecule has 0 amide bonds. The van der Waals surface area contributed by atoms with E-state index in [0.717, 1.165) is 48.7 Å². The van der Waals surface area contributed by atoms with Crippen LogP contribution >= 0.6 is 0 Å². The highest BCUT2D eigenvalue weighted by Crippen LogP contribution is 2.58. The van der Waals surface area contributed by atoms with Crippen LogP contribution in [0.2, 0.25) is 0 Å². The number of benzene rings is 6. The van der Waals surface area contributed by atoms with E-state index >= 15 is 0 Å². The number of fused-ring (bicyclic) bond motifs is 8. The van der Waals surface area contributed by atoms with Crippen molar-refractivity contribution in [2.24, 2.45) is 0 Å². The topological polar surface area (TPSA) is 22.6 Å². The fourth-order valence-electron chi connectivity index (χ4n) is 17.2. The molecule has 0 bridgehead atoms. The molecule has 376 valence electrons. The van der Waals surface area contributed by atoms with E-state index in [0.29, 0.717) is 0 Å². The maximum absolute atomic E-state index is 6.18. The zero-order chi connectivity index (χ0) is 52.2. The van der Waals surface area contributed by atoms with Crippen LogP contribution in [0.15, 0.2) is 127 Å². The lowest BCUT2D eigenvalue weighted by atomic mass is 9.33. The van der Waals surface area contributed by atoms with Gasteiger partial charge in [0, 0.05) is 45.9 Å². The Morgan fingerprint density at radius 1 is 0.365 bits per heavy atom. The van der Waals surface area contributed by atoms with Crippen LogP contribution in [0, 0.1) is 0 Å². The summed E-state index contributed by atoms with van der Waals surface area (Å²) in [6, 6.07) is 49.8. The van der Waals surface area contributed by atoms with Crippen LogP contribution in [0.25, 0.3) is 0 Å². The fourth-order valence-corrected chi connectivity index (χ4v) is 17.2. The predicted octanol–water partition coefficient (Wildman–Crippen LogP) is 16.5. The highest BCUT2D eigenvalue weighted by atomic mass is 15.3. The molecule has 6 aromatic carbocycles. The lowest BCUT2D eigenvalue weighted by Gasteiger charge is -2.45. The first-order chi connectivity index (χ1) is 34.6. The molecule has 0 unspecified atom stereocenters. The van der Waals surface area contributed by atoms with Crippen molar-refractivity contribution in [3.8, 4) is 0 Å². The second kappa shape index (κ2) is 14.9. The van der Waals surface area contributed by atoms with Gasteiger partial charge in [0.05, 0.1) is 0 Å². The molecular formula is C69H77BN4. The summed E-state index contributed by atoms with van der Waals surface area (Å²) in [7, 11) is 0. The van der Waals surface area contributed by atoms with Crippen molar-refractivity contribution in [3.63, 3.8) is 0 Å². The summed E-state index contributed by atoms with van der Waals surface area (Å²) in [5.74, 6) is 1.91. The number of aromatic nitrogens is 1. The smallest absolute Gasteiger partial charge is 0.254 e. The normalized spacial score (nSPS) is 21.3. The third kappa shape index (κ3) is 6.68. The minimum absolute atomic E-state index is 0.00333. The van der Waals surface area contributed by atoms with Gasteiger partial charge in [0.15, 0.2) is 0 Å². The molecular weight excluding hydrogens is 896 g/mol. The Balaban J connectivity index is 1.20. The van der Waals surface area contributed by atoms with Crippen LogP contribution in [-0.2, 0) is 43.3 Å². The third-order valence-electron chi connectivity index (χ3n) is 19.3. The van der Waals surface area contributed by atoms with Gasteiger partial charge < -0.3 is 4.90 Å². The first-order valence-electron chi connectivity index (χ1n) is 27.8. The van der Waals surface area contributed by atoms with Gasteiger partial charge in [0.25, 0.3) is 6.71 Å². The van der Waals surface area contributed by atoms with E-state index in [1.165, 1.54) is 89.3 Å². The first-order valence-corrected chi connectivity index (χ1v) is 27.8. The second-order valence-corrected chi connectivity index (χ2v) is 29.0. The van der Waals surface area contributed by atoms with Crippen molar-refractivity contribution in [2.45, 2.75) is 180 Å². The lowest BCUT2D eigenvalue weighted by molar-refractivity contribution is 0.402. The molecule has 0 atom stereocenters. The lowest BCUT2D eigenvalue weighted by Crippen LogP contribution is -2.62. The maximum Gasteiger partial charge on any atom is 0.254 e. The van der Waals surface area contributed by atoms with Crippen molar-refractivity contribution in [3.05, 3.63) is 172 Å². The fraction of sp³-hybridized carbons (Fsp3) is 0.406. The number of pyridine rings is 1. The predicted molar refractivity (Wildman–Crippen MR) is 316 cm³/mol. The summed E-state index contributed by atoms with van der Waals surface area (Å²) < 4.78 is 0. The maximum atomic E-state index is 6.18. The molecule has 3 heterocycles. The van der Waals surface area contributed by atoms with Crippen LogP contribution in [0.3, 0.4) is 0 Å².